The molecule has 3 aromatic rings. The molecule has 0 unspecified atom stereocenters. The molecule has 0 saturated heterocycles. The third-order valence-electron chi connectivity index (χ3n) is 2.87. The molecule has 0 radical (unpaired) electrons. The highest BCUT2D eigenvalue weighted by atomic mass is 35.5. The maximum absolute atomic E-state index is 6.23. The van der Waals surface area contributed by atoms with E-state index in [0.29, 0.717) is 16.6 Å². The van der Waals surface area contributed by atoms with E-state index in [0.717, 1.165) is 16.7 Å². The highest BCUT2D eigenvalue weighted by molar-refractivity contribution is 6.33. The average Bonchev–Trinajstić information content (AvgIpc) is 2.80. The van der Waals surface area contributed by atoms with Crippen LogP contribution in [-0.2, 0) is 7.05 Å². The van der Waals surface area contributed by atoms with Crippen LogP contribution < -0.4 is 4.74 Å². The summed E-state index contributed by atoms with van der Waals surface area (Å²) < 4.78 is 6.97. The minimum absolute atomic E-state index is 0.556. The molecular weight excluding hydrogens is 264 g/mol. The van der Waals surface area contributed by atoms with E-state index < -0.39 is 0 Å². The molecule has 2 heterocycles. The fourth-order valence-corrected chi connectivity index (χ4v) is 2.11. The second-order valence-corrected chi connectivity index (χ2v) is 4.51. The fourth-order valence-electron chi connectivity index (χ4n) is 1.85. The molecule has 0 aliphatic heterocycles. The Hall–Kier alpha value is -2.14. The van der Waals surface area contributed by atoms with Gasteiger partial charge in [-0.2, -0.15) is 0 Å². The van der Waals surface area contributed by atoms with E-state index in [1.165, 1.54) is 0 Å². The Morgan fingerprint density at radius 3 is 2.84 bits per heavy atom. The molecule has 96 valence electrons. The predicted octanol–water partition coefficient (Wildman–Crippen LogP) is 2.69. The molecule has 0 fully saturated rings. The topological polar surface area (TPSA) is 52.8 Å². The summed E-state index contributed by atoms with van der Waals surface area (Å²) in [5.41, 5.74) is 2.30. The van der Waals surface area contributed by atoms with Gasteiger partial charge >= 0.3 is 0 Å². The highest BCUT2D eigenvalue weighted by Gasteiger charge is 2.10. The van der Waals surface area contributed by atoms with Crippen molar-refractivity contribution >= 4 is 22.8 Å². The van der Waals surface area contributed by atoms with Gasteiger partial charge in [0.05, 0.1) is 24.7 Å². The van der Waals surface area contributed by atoms with Gasteiger partial charge in [-0.25, -0.2) is 15.0 Å². The van der Waals surface area contributed by atoms with Crippen molar-refractivity contribution in [2.45, 2.75) is 0 Å². The second-order valence-electron chi connectivity index (χ2n) is 4.10. The Bertz CT molecular complexity index is 753. The number of ether oxygens (including phenoxy) is 1. The lowest BCUT2D eigenvalue weighted by atomic mass is 10.2. The molecule has 0 amide bonds. The fraction of sp³-hybridized carbons (Fsp3) is 0.154. The maximum atomic E-state index is 6.23. The lowest BCUT2D eigenvalue weighted by Gasteiger charge is -2.05. The molecule has 3 rings (SSSR count). The zero-order valence-electron chi connectivity index (χ0n) is 10.5. The summed E-state index contributed by atoms with van der Waals surface area (Å²) in [5, 5.41) is 0.556. The van der Waals surface area contributed by atoms with Crippen LogP contribution in [0.25, 0.3) is 22.6 Å². The normalized spacial score (nSPS) is 10.9. The number of hydrogen-bond donors (Lipinski definition) is 0. The number of benzene rings is 1. The van der Waals surface area contributed by atoms with Crippen molar-refractivity contribution in [1.29, 1.82) is 0 Å². The number of aromatic nitrogens is 4. The van der Waals surface area contributed by atoms with Gasteiger partial charge < -0.3 is 9.30 Å². The van der Waals surface area contributed by atoms with Gasteiger partial charge in [0.1, 0.15) is 11.3 Å². The van der Waals surface area contributed by atoms with Crippen LogP contribution >= 0.6 is 11.6 Å². The third kappa shape index (κ3) is 2.02. The van der Waals surface area contributed by atoms with E-state index in [2.05, 4.69) is 15.0 Å². The van der Waals surface area contributed by atoms with Crippen molar-refractivity contribution in [3.63, 3.8) is 0 Å². The predicted molar refractivity (Wildman–Crippen MR) is 73.3 cm³/mol. The number of aryl methyl sites for hydroxylation is 1. The second kappa shape index (κ2) is 4.51. The van der Waals surface area contributed by atoms with Crippen molar-refractivity contribution in [1.82, 2.24) is 19.5 Å². The summed E-state index contributed by atoms with van der Waals surface area (Å²) >= 11 is 6.23. The van der Waals surface area contributed by atoms with Crippen molar-refractivity contribution in [2.24, 2.45) is 7.05 Å². The summed E-state index contributed by atoms with van der Waals surface area (Å²) in [6.07, 6.45) is 3.40. The van der Waals surface area contributed by atoms with Crippen LogP contribution in [0.15, 0.2) is 30.7 Å². The van der Waals surface area contributed by atoms with E-state index in [9.17, 15) is 0 Å². The molecule has 0 bridgehead atoms. The number of halogens is 1. The molecule has 2 aromatic heterocycles. The molecule has 19 heavy (non-hydrogen) atoms. The van der Waals surface area contributed by atoms with Crippen molar-refractivity contribution in [3.05, 3.63) is 35.7 Å². The average molecular weight is 275 g/mol. The highest BCUT2D eigenvalue weighted by Crippen LogP contribution is 2.29. The van der Waals surface area contributed by atoms with Gasteiger partial charge in [0.2, 0.25) is 0 Å². The van der Waals surface area contributed by atoms with Crippen LogP contribution in [0.3, 0.4) is 0 Å². The van der Waals surface area contributed by atoms with E-state index in [4.69, 9.17) is 16.3 Å². The van der Waals surface area contributed by atoms with Crippen molar-refractivity contribution in [2.75, 3.05) is 7.11 Å². The van der Waals surface area contributed by atoms with E-state index >= 15 is 0 Å². The quantitative estimate of drug-likeness (QED) is 0.721. The Morgan fingerprint density at radius 1 is 1.26 bits per heavy atom. The summed E-state index contributed by atoms with van der Waals surface area (Å²) in [6.45, 7) is 0. The van der Waals surface area contributed by atoms with Gasteiger partial charge in [-0.1, -0.05) is 11.6 Å². The molecular formula is C13H11ClN4O. The van der Waals surface area contributed by atoms with Crippen LogP contribution in [-0.4, -0.2) is 26.6 Å². The molecule has 0 N–H and O–H groups in total. The van der Waals surface area contributed by atoms with Crippen LogP contribution in [0.4, 0.5) is 0 Å². The van der Waals surface area contributed by atoms with E-state index in [1.54, 1.807) is 25.7 Å². The maximum Gasteiger partial charge on any atom is 0.163 e. The smallest absolute Gasteiger partial charge is 0.163 e. The zero-order valence-corrected chi connectivity index (χ0v) is 11.2. The summed E-state index contributed by atoms with van der Waals surface area (Å²) in [7, 11) is 3.49. The lowest BCUT2D eigenvalue weighted by Crippen LogP contribution is -1.94. The molecule has 0 spiro atoms. The van der Waals surface area contributed by atoms with Crippen molar-refractivity contribution < 1.29 is 4.74 Å². The molecule has 0 aliphatic rings. The lowest BCUT2D eigenvalue weighted by molar-refractivity contribution is 0.415. The van der Waals surface area contributed by atoms with Gasteiger partial charge in [0.25, 0.3) is 0 Å². The first-order valence-electron chi connectivity index (χ1n) is 5.67. The third-order valence-corrected chi connectivity index (χ3v) is 3.18. The Labute approximate surface area is 114 Å². The summed E-state index contributed by atoms with van der Waals surface area (Å²) in [4.78, 5) is 13.0. The summed E-state index contributed by atoms with van der Waals surface area (Å²) in [6, 6.07) is 5.42. The Kier molecular flexibility index (Phi) is 2.83. The molecule has 0 aliphatic carbocycles. The molecule has 0 atom stereocenters. The van der Waals surface area contributed by atoms with Gasteiger partial charge in [-0.05, 0) is 18.2 Å². The SMILES string of the molecule is COc1ccc(-c2ncc3ncn(C)c3n2)c(Cl)c1. The number of nitrogens with zero attached hydrogens (tertiary/aromatic N) is 4. The number of hydrogen-bond acceptors (Lipinski definition) is 4. The number of rotatable bonds is 2. The number of fused-ring (bicyclic) bond motifs is 1. The first-order valence-corrected chi connectivity index (χ1v) is 6.05. The molecule has 5 nitrogen and oxygen atoms in total. The van der Waals surface area contributed by atoms with Gasteiger partial charge in [0, 0.05) is 12.6 Å². The minimum atomic E-state index is 0.556. The van der Waals surface area contributed by atoms with Crippen LogP contribution in [0.2, 0.25) is 5.02 Å². The monoisotopic (exact) mass is 274 g/mol. The van der Waals surface area contributed by atoms with Crippen LogP contribution in [0.5, 0.6) is 5.75 Å². The van der Waals surface area contributed by atoms with Gasteiger partial charge in [-0.15, -0.1) is 0 Å². The minimum Gasteiger partial charge on any atom is -0.497 e. The van der Waals surface area contributed by atoms with Gasteiger partial charge in [-0.3, -0.25) is 0 Å². The van der Waals surface area contributed by atoms with Crippen molar-refractivity contribution in [3.8, 4) is 17.1 Å². The molecule has 1 aromatic carbocycles. The van der Waals surface area contributed by atoms with Gasteiger partial charge in [0.15, 0.2) is 11.5 Å². The first kappa shape index (κ1) is 11.9. The Morgan fingerprint density at radius 2 is 2.11 bits per heavy atom. The first-order chi connectivity index (χ1) is 9.19. The Balaban J connectivity index is 2.15. The standard InChI is InChI=1S/C13H11ClN4O/c1-18-7-16-11-6-15-12(17-13(11)18)9-4-3-8(19-2)5-10(9)14/h3-7H,1-2H3. The van der Waals surface area contributed by atoms with Crippen LogP contribution in [0, 0.1) is 0 Å². The van der Waals surface area contributed by atoms with Crippen LogP contribution in [0.1, 0.15) is 0 Å². The number of imidazole rings is 1. The van der Waals surface area contributed by atoms with E-state index in [-0.39, 0.29) is 0 Å². The summed E-state index contributed by atoms with van der Waals surface area (Å²) in [5.74, 6) is 1.28. The zero-order chi connectivity index (χ0) is 13.4. The largest absolute Gasteiger partial charge is 0.497 e. The van der Waals surface area contributed by atoms with E-state index in [1.807, 2.05) is 23.7 Å². The molecule has 6 heteroatoms. The molecule has 0 saturated carbocycles. The number of methoxy groups -OCH3 is 1.